The Balaban J connectivity index is 1.97. The van der Waals surface area contributed by atoms with Gasteiger partial charge in [-0.15, -0.1) is 0 Å². The summed E-state index contributed by atoms with van der Waals surface area (Å²) in [5.41, 5.74) is -0.991. The molecule has 5 heteroatoms. The number of rotatable bonds is 5. The summed E-state index contributed by atoms with van der Waals surface area (Å²) in [5.74, 6) is -0.607. The average molecular weight is 281 g/mol. The summed E-state index contributed by atoms with van der Waals surface area (Å²) in [4.78, 5) is 0. The fraction of sp³-hybridized carbons (Fsp3) is 0.333. The first kappa shape index (κ1) is 14.7. The third-order valence-electron chi connectivity index (χ3n) is 3.09. The molecule has 1 heterocycles. The molecule has 0 aliphatic carbocycles. The van der Waals surface area contributed by atoms with Crippen molar-refractivity contribution in [1.29, 1.82) is 0 Å². The smallest absolute Gasteiger partial charge is 0.163 e. The summed E-state index contributed by atoms with van der Waals surface area (Å²) in [7, 11) is 0. The summed E-state index contributed by atoms with van der Waals surface area (Å²) in [6.45, 7) is 3.67. The lowest BCUT2D eigenvalue weighted by molar-refractivity contribution is 0.0332. The number of aliphatic hydroxyl groups is 1. The Kier molecular flexibility index (Phi) is 4.20. The second kappa shape index (κ2) is 5.73. The number of hydrogen-bond acceptors (Lipinski definition) is 3. The molecule has 1 atom stereocenters. The van der Waals surface area contributed by atoms with Gasteiger partial charge in [-0.1, -0.05) is 12.1 Å². The SMILES string of the molecule is Cc1ccc(C(C)(O)CNCc2cccc(F)c2F)o1. The number of furan rings is 1. The minimum atomic E-state index is -1.21. The van der Waals surface area contributed by atoms with E-state index in [1.807, 2.05) is 0 Å². The van der Waals surface area contributed by atoms with E-state index in [4.69, 9.17) is 4.42 Å². The normalized spacial score (nSPS) is 14.2. The second-order valence-electron chi connectivity index (χ2n) is 5.00. The zero-order chi connectivity index (χ0) is 14.8. The van der Waals surface area contributed by atoms with Gasteiger partial charge in [0.25, 0.3) is 0 Å². The van der Waals surface area contributed by atoms with Crippen molar-refractivity contribution in [1.82, 2.24) is 5.32 Å². The van der Waals surface area contributed by atoms with Crippen molar-refractivity contribution < 1.29 is 18.3 Å². The van der Waals surface area contributed by atoms with E-state index in [2.05, 4.69) is 5.32 Å². The van der Waals surface area contributed by atoms with Crippen molar-refractivity contribution in [2.75, 3.05) is 6.54 Å². The van der Waals surface area contributed by atoms with Crippen molar-refractivity contribution in [2.45, 2.75) is 26.0 Å². The Hall–Kier alpha value is -1.72. The second-order valence-corrected chi connectivity index (χ2v) is 5.00. The lowest BCUT2D eigenvalue weighted by atomic mass is 10.0. The zero-order valence-corrected chi connectivity index (χ0v) is 11.4. The van der Waals surface area contributed by atoms with Crippen LogP contribution in [0.15, 0.2) is 34.7 Å². The monoisotopic (exact) mass is 281 g/mol. The molecule has 108 valence electrons. The molecule has 0 aliphatic heterocycles. The van der Waals surface area contributed by atoms with E-state index in [1.54, 1.807) is 26.0 Å². The number of aryl methyl sites for hydroxylation is 1. The van der Waals surface area contributed by atoms with Crippen LogP contribution in [0.4, 0.5) is 8.78 Å². The first-order valence-corrected chi connectivity index (χ1v) is 6.33. The topological polar surface area (TPSA) is 45.4 Å². The lowest BCUT2D eigenvalue weighted by Gasteiger charge is -2.21. The fourth-order valence-corrected chi connectivity index (χ4v) is 1.94. The number of hydrogen-bond donors (Lipinski definition) is 2. The first-order chi connectivity index (χ1) is 9.40. The maximum Gasteiger partial charge on any atom is 0.163 e. The average Bonchev–Trinajstić information content (AvgIpc) is 2.82. The van der Waals surface area contributed by atoms with Gasteiger partial charge in [-0.2, -0.15) is 0 Å². The summed E-state index contributed by atoms with van der Waals surface area (Å²) < 4.78 is 31.9. The first-order valence-electron chi connectivity index (χ1n) is 6.33. The molecule has 2 rings (SSSR count). The van der Waals surface area contributed by atoms with Crippen molar-refractivity contribution >= 4 is 0 Å². The highest BCUT2D eigenvalue weighted by Crippen LogP contribution is 2.22. The molecular formula is C15H17F2NO2. The number of nitrogens with one attached hydrogen (secondary N) is 1. The molecule has 2 N–H and O–H groups in total. The third kappa shape index (κ3) is 3.23. The van der Waals surface area contributed by atoms with Gasteiger partial charge in [0.2, 0.25) is 0 Å². The van der Waals surface area contributed by atoms with Crippen LogP contribution in [0.25, 0.3) is 0 Å². The quantitative estimate of drug-likeness (QED) is 0.886. The number of benzene rings is 1. The molecule has 0 bridgehead atoms. The minimum Gasteiger partial charge on any atom is -0.463 e. The van der Waals surface area contributed by atoms with Gasteiger partial charge in [-0.05, 0) is 32.0 Å². The van der Waals surface area contributed by atoms with Crippen LogP contribution in [0, 0.1) is 18.6 Å². The Morgan fingerprint density at radius 2 is 2.00 bits per heavy atom. The van der Waals surface area contributed by atoms with Gasteiger partial charge in [-0.3, -0.25) is 0 Å². The Bertz CT molecular complexity index is 593. The molecule has 2 aromatic rings. The van der Waals surface area contributed by atoms with E-state index in [-0.39, 0.29) is 18.7 Å². The van der Waals surface area contributed by atoms with Crippen molar-refractivity contribution in [3.05, 3.63) is 59.1 Å². The van der Waals surface area contributed by atoms with Crippen molar-refractivity contribution in [3.63, 3.8) is 0 Å². The lowest BCUT2D eigenvalue weighted by Crippen LogP contribution is -2.35. The van der Waals surface area contributed by atoms with Crippen LogP contribution < -0.4 is 5.32 Å². The molecular weight excluding hydrogens is 264 g/mol. The molecule has 3 nitrogen and oxygen atoms in total. The van der Waals surface area contributed by atoms with E-state index in [1.165, 1.54) is 12.1 Å². The molecule has 1 unspecified atom stereocenters. The maximum absolute atomic E-state index is 13.5. The molecule has 0 aliphatic rings. The summed E-state index contributed by atoms with van der Waals surface area (Å²) in [5, 5.41) is 13.2. The van der Waals surface area contributed by atoms with E-state index in [9.17, 15) is 13.9 Å². The molecule has 0 fully saturated rings. The summed E-state index contributed by atoms with van der Waals surface area (Å²) in [6, 6.07) is 7.47. The molecule has 0 spiro atoms. The summed E-state index contributed by atoms with van der Waals surface area (Å²) in [6.07, 6.45) is 0. The van der Waals surface area contributed by atoms with Gasteiger partial charge in [0.05, 0.1) is 0 Å². The van der Waals surface area contributed by atoms with Gasteiger partial charge in [0.1, 0.15) is 17.1 Å². The van der Waals surface area contributed by atoms with Crippen molar-refractivity contribution in [2.24, 2.45) is 0 Å². The maximum atomic E-state index is 13.5. The number of halogens is 2. The van der Waals surface area contributed by atoms with Crippen LogP contribution in [0.5, 0.6) is 0 Å². The van der Waals surface area contributed by atoms with Crippen LogP contribution in [0.3, 0.4) is 0 Å². The minimum absolute atomic E-state index is 0.124. The van der Waals surface area contributed by atoms with E-state index in [0.717, 1.165) is 6.07 Å². The third-order valence-corrected chi connectivity index (χ3v) is 3.09. The fourth-order valence-electron chi connectivity index (χ4n) is 1.94. The van der Waals surface area contributed by atoms with Gasteiger partial charge in [-0.25, -0.2) is 8.78 Å². The van der Waals surface area contributed by atoms with Gasteiger partial charge in [0.15, 0.2) is 11.6 Å². The highest BCUT2D eigenvalue weighted by molar-refractivity contribution is 5.19. The van der Waals surface area contributed by atoms with Crippen LogP contribution in [0.1, 0.15) is 24.0 Å². The molecule has 1 aromatic carbocycles. The molecule has 0 radical (unpaired) electrons. The molecule has 0 saturated carbocycles. The van der Waals surface area contributed by atoms with Gasteiger partial charge in [0, 0.05) is 18.7 Å². The Morgan fingerprint density at radius 3 is 2.65 bits per heavy atom. The molecule has 0 amide bonds. The Morgan fingerprint density at radius 1 is 1.25 bits per heavy atom. The standard InChI is InChI=1S/C15H17F2NO2/c1-10-6-7-13(20-10)15(2,19)9-18-8-11-4-3-5-12(16)14(11)17/h3-7,18-19H,8-9H2,1-2H3. The Labute approximate surface area is 116 Å². The molecule has 20 heavy (non-hydrogen) atoms. The predicted molar refractivity (Wildman–Crippen MR) is 71.1 cm³/mol. The van der Waals surface area contributed by atoms with Gasteiger partial charge >= 0.3 is 0 Å². The van der Waals surface area contributed by atoms with Crippen LogP contribution in [0.2, 0.25) is 0 Å². The van der Waals surface area contributed by atoms with Crippen molar-refractivity contribution in [3.8, 4) is 0 Å². The van der Waals surface area contributed by atoms with E-state index in [0.29, 0.717) is 11.5 Å². The predicted octanol–water partition coefficient (Wildman–Crippen LogP) is 2.86. The zero-order valence-electron chi connectivity index (χ0n) is 11.4. The van der Waals surface area contributed by atoms with E-state index < -0.39 is 17.2 Å². The van der Waals surface area contributed by atoms with Gasteiger partial charge < -0.3 is 14.8 Å². The molecule has 0 saturated heterocycles. The summed E-state index contributed by atoms with van der Waals surface area (Å²) >= 11 is 0. The molecule has 1 aromatic heterocycles. The highest BCUT2D eigenvalue weighted by atomic mass is 19.2. The van der Waals surface area contributed by atoms with E-state index >= 15 is 0 Å². The van der Waals surface area contributed by atoms with Crippen LogP contribution in [-0.4, -0.2) is 11.7 Å². The van der Waals surface area contributed by atoms with Crippen LogP contribution in [-0.2, 0) is 12.1 Å². The van der Waals surface area contributed by atoms with Crippen LogP contribution >= 0.6 is 0 Å². The highest BCUT2D eigenvalue weighted by Gasteiger charge is 2.26. The largest absolute Gasteiger partial charge is 0.463 e.